The molecule has 1 N–H and O–H groups in total. The van der Waals surface area contributed by atoms with Gasteiger partial charge in [-0.25, -0.2) is 4.98 Å². The SMILES string of the molecule is CCCC(=O)Nc1ccc(N2CCN(c3ccc(OC)cc3)CC2)nc1. The van der Waals surface area contributed by atoms with Gasteiger partial charge < -0.3 is 19.9 Å². The van der Waals surface area contributed by atoms with Crippen LogP contribution < -0.4 is 19.9 Å². The average Bonchev–Trinajstić information content (AvgIpc) is 2.69. The summed E-state index contributed by atoms with van der Waals surface area (Å²) >= 11 is 0. The van der Waals surface area contributed by atoms with Crippen molar-refractivity contribution in [1.29, 1.82) is 0 Å². The van der Waals surface area contributed by atoms with E-state index in [-0.39, 0.29) is 5.91 Å². The molecule has 0 saturated carbocycles. The zero-order valence-electron chi connectivity index (χ0n) is 15.4. The van der Waals surface area contributed by atoms with Gasteiger partial charge in [0.15, 0.2) is 0 Å². The monoisotopic (exact) mass is 354 g/mol. The molecule has 1 aromatic heterocycles. The van der Waals surface area contributed by atoms with Crippen molar-refractivity contribution in [2.45, 2.75) is 19.8 Å². The maximum atomic E-state index is 11.6. The van der Waals surface area contributed by atoms with E-state index < -0.39 is 0 Å². The fraction of sp³-hybridized carbons (Fsp3) is 0.400. The van der Waals surface area contributed by atoms with Gasteiger partial charge in [-0.15, -0.1) is 0 Å². The molecule has 0 radical (unpaired) electrons. The summed E-state index contributed by atoms with van der Waals surface area (Å²) in [5, 5.41) is 2.87. The van der Waals surface area contributed by atoms with Crippen LogP contribution in [0, 0.1) is 0 Å². The van der Waals surface area contributed by atoms with Gasteiger partial charge in [0.05, 0.1) is 19.0 Å². The molecule has 0 unspecified atom stereocenters. The first-order chi connectivity index (χ1) is 12.7. The second-order valence-electron chi connectivity index (χ2n) is 6.38. The number of hydrogen-bond acceptors (Lipinski definition) is 5. The number of amides is 1. The van der Waals surface area contributed by atoms with Crippen molar-refractivity contribution in [3.05, 3.63) is 42.6 Å². The third-order valence-electron chi connectivity index (χ3n) is 4.55. The van der Waals surface area contributed by atoms with Gasteiger partial charge in [-0.2, -0.15) is 0 Å². The molecule has 1 saturated heterocycles. The van der Waals surface area contributed by atoms with Crippen LogP contribution in [0.5, 0.6) is 5.75 Å². The van der Waals surface area contributed by atoms with E-state index in [9.17, 15) is 4.79 Å². The van der Waals surface area contributed by atoms with Crippen LogP contribution in [0.1, 0.15) is 19.8 Å². The number of pyridine rings is 1. The van der Waals surface area contributed by atoms with Crippen molar-refractivity contribution in [3.8, 4) is 5.75 Å². The number of rotatable bonds is 6. The topological polar surface area (TPSA) is 57.7 Å². The maximum absolute atomic E-state index is 11.6. The zero-order valence-corrected chi connectivity index (χ0v) is 15.4. The molecule has 1 aliphatic heterocycles. The van der Waals surface area contributed by atoms with Crippen LogP contribution in [0.4, 0.5) is 17.2 Å². The molecule has 26 heavy (non-hydrogen) atoms. The highest BCUT2D eigenvalue weighted by atomic mass is 16.5. The molecule has 0 bridgehead atoms. The summed E-state index contributed by atoms with van der Waals surface area (Å²) in [4.78, 5) is 20.8. The molecule has 2 aromatic rings. The number of carbonyl (C=O) groups is 1. The van der Waals surface area contributed by atoms with Crippen molar-refractivity contribution < 1.29 is 9.53 Å². The largest absolute Gasteiger partial charge is 0.497 e. The molecule has 0 atom stereocenters. The summed E-state index contributed by atoms with van der Waals surface area (Å²) in [7, 11) is 1.68. The zero-order chi connectivity index (χ0) is 18.4. The minimum absolute atomic E-state index is 0.0372. The third-order valence-corrected chi connectivity index (χ3v) is 4.55. The standard InChI is InChI=1S/C20H26N4O2/c1-3-4-20(25)22-16-5-10-19(21-15-16)24-13-11-23(12-14-24)17-6-8-18(26-2)9-7-17/h5-10,15H,3-4,11-14H2,1-2H3,(H,22,25). The van der Waals surface area contributed by atoms with Gasteiger partial charge in [0, 0.05) is 38.3 Å². The predicted octanol–water partition coefficient (Wildman–Crippen LogP) is 3.16. The first-order valence-electron chi connectivity index (χ1n) is 9.09. The number of anilines is 3. The molecule has 138 valence electrons. The van der Waals surface area contributed by atoms with Crippen LogP contribution in [0.3, 0.4) is 0 Å². The van der Waals surface area contributed by atoms with E-state index in [1.807, 2.05) is 31.2 Å². The Labute approximate surface area is 154 Å². The Morgan fingerprint density at radius 3 is 2.35 bits per heavy atom. The lowest BCUT2D eigenvalue weighted by Crippen LogP contribution is -2.46. The molecule has 1 fully saturated rings. The summed E-state index contributed by atoms with van der Waals surface area (Å²) in [6, 6.07) is 12.1. The highest BCUT2D eigenvalue weighted by Crippen LogP contribution is 2.22. The number of nitrogens with one attached hydrogen (secondary N) is 1. The Morgan fingerprint density at radius 1 is 1.08 bits per heavy atom. The number of carbonyl (C=O) groups excluding carboxylic acids is 1. The molecule has 1 aromatic carbocycles. The first kappa shape index (κ1) is 18.0. The fourth-order valence-electron chi connectivity index (χ4n) is 3.08. The molecule has 3 rings (SSSR count). The highest BCUT2D eigenvalue weighted by molar-refractivity contribution is 5.90. The number of hydrogen-bond donors (Lipinski definition) is 1. The fourth-order valence-corrected chi connectivity index (χ4v) is 3.08. The molecular weight excluding hydrogens is 328 g/mol. The predicted molar refractivity (Wildman–Crippen MR) is 105 cm³/mol. The van der Waals surface area contributed by atoms with Crippen LogP contribution in [0.15, 0.2) is 42.6 Å². The lowest BCUT2D eigenvalue weighted by Gasteiger charge is -2.36. The Balaban J connectivity index is 1.54. The molecule has 6 nitrogen and oxygen atoms in total. The van der Waals surface area contributed by atoms with E-state index in [0.717, 1.165) is 49.9 Å². The summed E-state index contributed by atoms with van der Waals surface area (Å²) in [5.74, 6) is 1.87. The van der Waals surface area contributed by atoms with Crippen molar-refractivity contribution in [2.75, 3.05) is 48.4 Å². The first-order valence-corrected chi connectivity index (χ1v) is 9.09. The van der Waals surface area contributed by atoms with Crippen LogP contribution in [-0.4, -0.2) is 44.2 Å². The molecule has 1 amide bonds. The second kappa shape index (κ2) is 8.56. The van der Waals surface area contributed by atoms with Crippen LogP contribution >= 0.6 is 0 Å². The van der Waals surface area contributed by atoms with Crippen LogP contribution in [-0.2, 0) is 4.79 Å². The van der Waals surface area contributed by atoms with Gasteiger partial charge in [0.1, 0.15) is 11.6 Å². The maximum Gasteiger partial charge on any atom is 0.224 e. The van der Waals surface area contributed by atoms with Gasteiger partial charge in [-0.3, -0.25) is 4.79 Å². The Bertz CT molecular complexity index is 708. The summed E-state index contributed by atoms with van der Waals surface area (Å²) < 4.78 is 5.22. The Hall–Kier alpha value is -2.76. The lowest BCUT2D eigenvalue weighted by molar-refractivity contribution is -0.116. The van der Waals surface area contributed by atoms with Gasteiger partial charge >= 0.3 is 0 Å². The van der Waals surface area contributed by atoms with Gasteiger partial charge in [-0.1, -0.05) is 6.92 Å². The van der Waals surface area contributed by atoms with Gasteiger partial charge in [-0.05, 0) is 42.8 Å². The summed E-state index contributed by atoms with van der Waals surface area (Å²) in [5.41, 5.74) is 1.97. The van der Waals surface area contributed by atoms with E-state index in [4.69, 9.17) is 4.74 Å². The normalized spacial score (nSPS) is 14.2. The van der Waals surface area contributed by atoms with E-state index in [2.05, 4.69) is 32.2 Å². The number of aromatic nitrogens is 1. The van der Waals surface area contributed by atoms with E-state index in [1.54, 1.807) is 13.3 Å². The molecular formula is C20H26N4O2. The molecule has 0 spiro atoms. The molecule has 1 aliphatic rings. The van der Waals surface area contributed by atoms with Crippen molar-refractivity contribution in [3.63, 3.8) is 0 Å². The number of benzene rings is 1. The van der Waals surface area contributed by atoms with Gasteiger partial charge in [0.2, 0.25) is 5.91 Å². The van der Waals surface area contributed by atoms with Crippen molar-refractivity contribution in [2.24, 2.45) is 0 Å². The molecule has 0 aliphatic carbocycles. The quantitative estimate of drug-likeness (QED) is 0.864. The van der Waals surface area contributed by atoms with Crippen LogP contribution in [0.25, 0.3) is 0 Å². The van der Waals surface area contributed by atoms with E-state index in [0.29, 0.717) is 6.42 Å². The summed E-state index contributed by atoms with van der Waals surface area (Å²) in [6.45, 7) is 5.72. The average molecular weight is 354 g/mol. The second-order valence-corrected chi connectivity index (χ2v) is 6.38. The lowest BCUT2D eigenvalue weighted by atomic mass is 10.2. The number of methoxy groups -OCH3 is 1. The Kier molecular flexibility index (Phi) is 5.94. The number of nitrogens with zero attached hydrogens (tertiary/aromatic N) is 3. The summed E-state index contributed by atoms with van der Waals surface area (Å²) in [6.07, 6.45) is 3.11. The highest BCUT2D eigenvalue weighted by Gasteiger charge is 2.18. The van der Waals surface area contributed by atoms with Crippen LogP contribution in [0.2, 0.25) is 0 Å². The van der Waals surface area contributed by atoms with E-state index in [1.165, 1.54) is 5.69 Å². The molecule has 2 heterocycles. The smallest absolute Gasteiger partial charge is 0.224 e. The van der Waals surface area contributed by atoms with Gasteiger partial charge in [0.25, 0.3) is 0 Å². The minimum atomic E-state index is 0.0372. The van der Waals surface area contributed by atoms with E-state index >= 15 is 0 Å². The van der Waals surface area contributed by atoms with Crippen molar-refractivity contribution >= 4 is 23.1 Å². The van der Waals surface area contributed by atoms with Crippen molar-refractivity contribution in [1.82, 2.24) is 4.98 Å². The molecule has 6 heteroatoms. The number of piperazine rings is 1. The third kappa shape index (κ3) is 4.45. The minimum Gasteiger partial charge on any atom is -0.497 e. The number of ether oxygens (including phenoxy) is 1. The Morgan fingerprint density at radius 2 is 1.77 bits per heavy atom.